The van der Waals surface area contributed by atoms with Crippen LogP contribution in [0.1, 0.15) is 43.0 Å². The Morgan fingerprint density at radius 3 is 2.80 bits per heavy atom. The van der Waals surface area contributed by atoms with Gasteiger partial charge in [-0.25, -0.2) is 4.68 Å². The predicted octanol–water partition coefficient (Wildman–Crippen LogP) is 1.42. The molecule has 6 nitrogen and oxygen atoms in total. The first-order valence-electron chi connectivity index (χ1n) is 7.37. The molecule has 20 heavy (non-hydrogen) atoms. The van der Waals surface area contributed by atoms with Crippen LogP contribution in [-0.4, -0.2) is 40.9 Å². The van der Waals surface area contributed by atoms with Gasteiger partial charge in [-0.2, -0.15) is 5.26 Å². The van der Waals surface area contributed by atoms with E-state index >= 15 is 0 Å². The lowest BCUT2D eigenvalue weighted by Gasteiger charge is -2.24. The topological polar surface area (TPSA) is 73.0 Å². The molecule has 0 saturated carbocycles. The number of hydrogen-bond donors (Lipinski definition) is 0. The third kappa shape index (κ3) is 2.84. The van der Waals surface area contributed by atoms with Crippen LogP contribution < -0.4 is 0 Å². The van der Waals surface area contributed by atoms with Crippen LogP contribution in [0.4, 0.5) is 0 Å². The van der Waals surface area contributed by atoms with Gasteiger partial charge in [0.25, 0.3) is 0 Å². The van der Waals surface area contributed by atoms with Crippen LogP contribution in [0, 0.1) is 11.3 Å². The van der Waals surface area contributed by atoms with Gasteiger partial charge < -0.3 is 9.47 Å². The van der Waals surface area contributed by atoms with E-state index in [2.05, 4.69) is 16.4 Å². The summed E-state index contributed by atoms with van der Waals surface area (Å²) in [7, 11) is 0. The van der Waals surface area contributed by atoms with Gasteiger partial charge >= 0.3 is 0 Å². The van der Waals surface area contributed by atoms with Crippen molar-refractivity contribution in [3.05, 3.63) is 11.4 Å². The van der Waals surface area contributed by atoms with Crippen LogP contribution in [0.3, 0.4) is 0 Å². The molecule has 1 unspecified atom stereocenters. The van der Waals surface area contributed by atoms with Crippen molar-refractivity contribution < 1.29 is 9.47 Å². The van der Waals surface area contributed by atoms with Crippen molar-refractivity contribution in [1.82, 2.24) is 15.0 Å². The van der Waals surface area contributed by atoms with Gasteiger partial charge in [0.2, 0.25) is 0 Å². The molecule has 0 aliphatic carbocycles. The molecule has 3 heterocycles. The smallest absolute Gasteiger partial charge is 0.100 e. The van der Waals surface area contributed by atoms with E-state index in [9.17, 15) is 0 Å². The van der Waals surface area contributed by atoms with E-state index in [1.807, 2.05) is 4.68 Å². The maximum atomic E-state index is 8.96. The molecule has 1 aromatic heterocycles. The zero-order chi connectivity index (χ0) is 13.8. The average molecular weight is 276 g/mol. The summed E-state index contributed by atoms with van der Waals surface area (Å²) in [5, 5.41) is 17.4. The molecule has 1 atom stereocenters. The third-order valence-corrected chi connectivity index (χ3v) is 4.10. The number of ether oxygens (including phenoxy) is 2. The second-order valence-corrected chi connectivity index (χ2v) is 5.46. The summed E-state index contributed by atoms with van der Waals surface area (Å²) in [4.78, 5) is 0. The Bertz CT molecular complexity index is 482. The van der Waals surface area contributed by atoms with Crippen LogP contribution in [0.5, 0.6) is 0 Å². The Labute approximate surface area is 118 Å². The number of aromatic nitrogens is 3. The zero-order valence-corrected chi connectivity index (χ0v) is 11.6. The van der Waals surface area contributed by atoms with E-state index in [0.717, 1.165) is 63.4 Å². The number of rotatable bonds is 4. The minimum absolute atomic E-state index is 0.241. The normalized spacial score (nSPS) is 23.9. The van der Waals surface area contributed by atoms with E-state index in [0.29, 0.717) is 12.3 Å². The van der Waals surface area contributed by atoms with Crippen LogP contribution in [-0.2, 0) is 22.4 Å². The van der Waals surface area contributed by atoms with Gasteiger partial charge in [-0.3, -0.25) is 0 Å². The van der Waals surface area contributed by atoms with Gasteiger partial charge in [-0.05, 0) is 25.7 Å². The van der Waals surface area contributed by atoms with Gasteiger partial charge in [0.1, 0.15) is 5.69 Å². The van der Waals surface area contributed by atoms with Gasteiger partial charge in [-0.15, -0.1) is 5.10 Å². The minimum atomic E-state index is 0.241. The van der Waals surface area contributed by atoms with Crippen molar-refractivity contribution in [2.24, 2.45) is 0 Å². The summed E-state index contributed by atoms with van der Waals surface area (Å²) in [5.41, 5.74) is 1.96. The first-order valence-corrected chi connectivity index (χ1v) is 7.37. The molecule has 1 aromatic rings. The highest BCUT2D eigenvalue weighted by Crippen LogP contribution is 2.29. The molecule has 0 amide bonds. The van der Waals surface area contributed by atoms with Gasteiger partial charge in [0, 0.05) is 25.7 Å². The van der Waals surface area contributed by atoms with Gasteiger partial charge in [0.15, 0.2) is 0 Å². The van der Waals surface area contributed by atoms with E-state index < -0.39 is 0 Å². The van der Waals surface area contributed by atoms with E-state index in [1.165, 1.54) is 0 Å². The van der Waals surface area contributed by atoms with Crippen molar-refractivity contribution >= 4 is 0 Å². The molecular formula is C14H20N4O2. The van der Waals surface area contributed by atoms with Crippen molar-refractivity contribution in [3.63, 3.8) is 0 Å². The van der Waals surface area contributed by atoms with E-state index in [-0.39, 0.29) is 6.10 Å². The largest absolute Gasteiger partial charge is 0.381 e. The second-order valence-electron chi connectivity index (χ2n) is 5.46. The Hall–Kier alpha value is -1.45. The molecule has 0 radical (unpaired) electrons. The molecule has 0 N–H and O–H groups in total. The molecule has 2 aliphatic rings. The Morgan fingerprint density at radius 2 is 2.10 bits per heavy atom. The quantitative estimate of drug-likeness (QED) is 0.831. The highest BCUT2D eigenvalue weighted by Gasteiger charge is 2.26. The molecule has 0 aromatic carbocycles. The molecule has 0 bridgehead atoms. The summed E-state index contributed by atoms with van der Waals surface area (Å²) in [6.07, 6.45) is 4.75. The molecule has 2 fully saturated rings. The molecule has 0 spiro atoms. The third-order valence-electron chi connectivity index (χ3n) is 4.10. The van der Waals surface area contributed by atoms with Gasteiger partial charge in [-0.1, -0.05) is 5.21 Å². The van der Waals surface area contributed by atoms with Crippen LogP contribution in [0.15, 0.2) is 0 Å². The first kappa shape index (κ1) is 13.5. The Balaban J connectivity index is 1.82. The van der Waals surface area contributed by atoms with Crippen LogP contribution in [0.2, 0.25) is 0 Å². The fourth-order valence-corrected chi connectivity index (χ4v) is 3.09. The highest BCUT2D eigenvalue weighted by molar-refractivity contribution is 5.19. The number of nitrogens with zero attached hydrogens (tertiary/aromatic N) is 4. The fraction of sp³-hybridized carbons (Fsp3) is 0.786. The summed E-state index contributed by atoms with van der Waals surface area (Å²) in [6, 6.07) is 2.19. The lowest BCUT2D eigenvalue weighted by molar-refractivity contribution is 0.0780. The Kier molecular flexibility index (Phi) is 4.28. The van der Waals surface area contributed by atoms with Crippen molar-refractivity contribution in [1.29, 1.82) is 5.26 Å². The van der Waals surface area contributed by atoms with Gasteiger partial charge in [0.05, 0.1) is 30.8 Å². The van der Waals surface area contributed by atoms with Crippen molar-refractivity contribution in [2.75, 3.05) is 19.8 Å². The molecule has 3 rings (SSSR count). The second kappa shape index (κ2) is 6.33. The van der Waals surface area contributed by atoms with Crippen molar-refractivity contribution in [2.45, 2.75) is 50.7 Å². The number of nitriles is 1. The van der Waals surface area contributed by atoms with E-state index in [1.54, 1.807) is 0 Å². The lowest BCUT2D eigenvalue weighted by atomic mass is 9.94. The Morgan fingerprint density at radius 1 is 1.25 bits per heavy atom. The summed E-state index contributed by atoms with van der Waals surface area (Å²) in [5.74, 6) is 0.406. The zero-order valence-electron chi connectivity index (χ0n) is 11.6. The first-order chi connectivity index (χ1) is 9.88. The monoisotopic (exact) mass is 276 g/mol. The predicted molar refractivity (Wildman–Crippen MR) is 71.1 cm³/mol. The molecule has 2 saturated heterocycles. The van der Waals surface area contributed by atoms with Crippen LogP contribution in [0.25, 0.3) is 0 Å². The highest BCUT2D eigenvalue weighted by atomic mass is 16.5. The summed E-state index contributed by atoms with van der Waals surface area (Å²) >= 11 is 0. The number of hydrogen-bond acceptors (Lipinski definition) is 5. The van der Waals surface area contributed by atoms with Crippen LogP contribution >= 0.6 is 0 Å². The van der Waals surface area contributed by atoms with E-state index in [4.69, 9.17) is 14.7 Å². The standard InChI is InChI=1S/C14H20N4O2/c15-6-3-13-14(11-4-8-19-9-5-11)18(17-16-13)10-12-2-1-7-20-12/h11-12H,1-5,7-10H2. The summed E-state index contributed by atoms with van der Waals surface area (Å²) < 4.78 is 13.1. The molecular weight excluding hydrogens is 256 g/mol. The molecule has 6 heteroatoms. The molecule has 2 aliphatic heterocycles. The fourth-order valence-electron chi connectivity index (χ4n) is 3.09. The SMILES string of the molecule is N#CCc1nnn(CC2CCCO2)c1C1CCOCC1. The summed E-state index contributed by atoms with van der Waals surface area (Å²) in [6.45, 7) is 3.16. The maximum absolute atomic E-state index is 8.96. The maximum Gasteiger partial charge on any atom is 0.100 e. The molecule has 108 valence electrons. The van der Waals surface area contributed by atoms with Crippen molar-refractivity contribution in [3.8, 4) is 6.07 Å². The minimum Gasteiger partial charge on any atom is -0.381 e. The average Bonchev–Trinajstić information content (AvgIpc) is 3.11. The lowest BCUT2D eigenvalue weighted by Crippen LogP contribution is -2.23.